The first-order valence-corrected chi connectivity index (χ1v) is 9.55. The number of ether oxygens (including phenoxy) is 1. The van der Waals surface area contributed by atoms with Gasteiger partial charge in [0.2, 0.25) is 0 Å². The van der Waals surface area contributed by atoms with Crippen LogP contribution in [0.5, 0.6) is 0 Å². The lowest BCUT2D eigenvalue weighted by atomic mass is 10.2. The second kappa shape index (κ2) is 8.31. The Labute approximate surface area is 164 Å². The van der Waals surface area contributed by atoms with Crippen molar-refractivity contribution in [3.05, 3.63) is 59.9 Å². The number of likely N-dealkylation sites (N-methyl/N-ethyl adjacent to an activating group) is 1. The highest BCUT2D eigenvalue weighted by Crippen LogP contribution is 2.26. The van der Waals surface area contributed by atoms with Gasteiger partial charge in [0, 0.05) is 26.2 Å². The largest absolute Gasteiger partial charge is 0.445 e. The Balaban J connectivity index is 1.38. The summed E-state index contributed by atoms with van der Waals surface area (Å²) in [4.78, 5) is 24.7. The van der Waals surface area contributed by atoms with Crippen molar-refractivity contribution in [3.8, 4) is 0 Å². The number of fused-ring (bicyclic) bond motifs is 1. The van der Waals surface area contributed by atoms with Crippen LogP contribution in [0, 0.1) is 0 Å². The van der Waals surface area contributed by atoms with E-state index in [0.717, 1.165) is 48.5 Å². The summed E-state index contributed by atoms with van der Waals surface area (Å²) in [5.41, 5.74) is 4.02. The number of imidazole rings is 1. The van der Waals surface area contributed by atoms with Gasteiger partial charge in [-0.2, -0.15) is 0 Å². The Bertz CT molecular complexity index is 932. The minimum Gasteiger partial charge on any atom is -0.445 e. The van der Waals surface area contributed by atoms with E-state index in [-0.39, 0.29) is 6.61 Å². The van der Waals surface area contributed by atoms with E-state index in [1.54, 1.807) is 0 Å². The molecular formula is C21H25N5O2. The molecule has 3 aromatic rings. The van der Waals surface area contributed by atoms with Crippen LogP contribution in [0.4, 0.5) is 10.5 Å². The van der Waals surface area contributed by atoms with Gasteiger partial charge in [-0.15, -0.1) is 0 Å². The first-order valence-electron chi connectivity index (χ1n) is 9.55. The Hall–Kier alpha value is -3.06. The van der Waals surface area contributed by atoms with Gasteiger partial charge < -0.3 is 24.8 Å². The van der Waals surface area contributed by atoms with Crippen LogP contribution in [0.1, 0.15) is 11.4 Å². The van der Waals surface area contributed by atoms with Crippen LogP contribution in [0.3, 0.4) is 0 Å². The first kappa shape index (κ1) is 18.3. The molecule has 0 spiro atoms. The maximum absolute atomic E-state index is 12.0. The molecule has 2 N–H and O–H groups in total. The van der Waals surface area contributed by atoms with Crippen LogP contribution in [0.15, 0.2) is 48.5 Å². The molecule has 7 heteroatoms. The van der Waals surface area contributed by atoms with Crippen molar-refractivity contribution in [1.82, 2.24) is 20.2 Å². The average molecular weight is 379 g/mol. The van der Waals surface area contributed by atoms with E-state index in [2.05, 4.69) is 33.2 Å². The zero-order valence-electron chi connectivity index (χ0n) is 16.0. The molecule has 2 heterocycles. The van der Waals surface area contributed by atoms with Gasteiger partial charge in [-0.1, -0.05) is 36.4 Å². The van der Waals surface area contributed by atoms with Crippen LogP contribution in [-0.4, -0.2) is 54.2 Å². The van der Waals surface area contributed by atoms with Crippen LogP contribution < -0.4 is 10.2 Å². The summed E-state index contributed by atoms with van der Waals surface area (Å²) in [6, 6.07) is 15.8. The summed E-state index contributed by atoms with van der Waals surface area (Å²) in [7, 11) is 2.15. The molecule has 2 aromatic carbocycles. The minimum absolute atomic E-state index is 0.250. The molecule has 0 unspecified atom stereocenters. The fourth-order valence-electron chi connectivity index (χ4n) is 3.38. The van der Waals surface area contributed by atoms with Gasteiger partial charge in [-0.05, 0) is 24.7 Å². The molecule has 1 saturated heterocycles. The highest BCUT2D eigenvalue weighted by Gasteiger charge is 2.18. The smallest absolute Gasteiger partial charge is 0.407 e. The number of nitrogens with one attached hydrogen (secondary N) is 2. The van der Waals surface area contributed by atoms with Gasteiger partial charge in [0.1, 0.15) is 17.9 Å². The number of hydrogen-bond acceptors (Lipinski definition) is 5. The van der Waals surface area contributed by atoms with E-state index in [9.17, 15) is 4.79 Å². The number of anilines is 1. The van der Waals surface area contributed by atoms with E-state index >= 15 is 0 Å². The zero-order valence-corrected chi connectivity index (χ0v) is 16.0. The van der Waals surface area contributed by atoms with Crippen molar-refractivity contribution >= 4 is 22.8 Å². The fraction of sp³-hybridized carbons (Fsp3) is 0.333. The molecule has 1 aliphatic rings. The number of nitrogens with zero attached hydrogens (tertiary/aromatic N) is 3. The number of alkyl carbamates (subject to hydrolysis) is 1. The van der Waals surface area contributed by atoms with E-state index in [4.69, 9.17) is 9.72 Å². The van der Waals surface area contributed by atoms with Gasteiger partial charge in [0.15, 0.2) is 0 Å². The number of H-pyrrole nitrogens is 1. The molecule has 0 atom stereocenters. The molecule has 0 aliphatic carbocycles. The Morgan fingerprint density at radius 3 is 2.68 bits per heavy atom. The van der Waals surface area contributed by atoms with Gasteiger partial charge >= 0.3 is 6.09 Å². The number of amides is 1. The summed E-state index contributed by atoms with van der Waals surface area (Å²) < 4.78 is 5.25. The van der Waals surface area contributed by atoms with Gasteiger partial charge in [0.05, 0.1) is 17.7 Å². The monoisotopic (exact) mass is 379 g/mol. The summed E-state index contributed by atoms with van der Waals surface area (Å²) in [6.07, 6.45) is -0.455. The lowest BCUT2D eigenvalue weighted by Crippen LogP contribution is -2.44. The van der Waals surface area contributed by atoms with Gasteiger partial charge in [-0.3, -0.25) is 0 Å². The number of rotatable bonds is 5. The maximum Gasteiger partial charge on any atom is 0.407 e. The molecule has 0 radical (unpaired) electrons. The molecule has 1 aromatic heterocycles. The molecule has 0 saturated carbocycles. The number of hydrogen-bond donors (Lipinski definition) is 2. The van der Waals surface area contributed by atoms with Crippen LogP contribution in [-0.2, 0) is 17.9 Å². The molecule has 146 valence electrons. The zero-order chi connectivity index (χ0) is 19.3. The number of aromatic nitrogens is 2. The number of piperazine rings is 1. The molecule has 28 heavy (non-hydrogen) atoms. The SMILES string of the molecule is CN1CCN(c2cccc3[nH]c(CNC(=O)OCc4ccccc4)nc23)CC1. The van der Waals surface area contributed by atoms with Crippen molar-refractivity contribution < 1.29 is 9.53 Å². The normalized spacial score (nSPS) is 15.0. The molecule has 1 fully saturated rings. The molecule has 0 bridgehead atoms. The fourth-order valence-corrected chi connectivity index (χ4v) is 3.38. The van der Waals surface area contributed by atoms with E-state index in [1.165, 1.54) is 0 Å². The van der Waals surface area contributed by atoms with Gasteiger partial charge in [-0.25, -0.2) is 9.78 Å². The van der Waals surface area contributed by atoms with Crippen molar-refractivity contribution in [1.29, 1.82) is 0 Å². The highest BCUT2D eigenvalue weighted by atomic mass is 16.5. The maximum atomic E-state index is 12.0. The highest BCUT2D eigenvalue weighted by molar-refractivity contribution is 5.89. The first-order chi connectivity index (χ1) is 13.7. The number of carbonyl (C=O) groups is 1. The molecular weight excluding hydrogens is 354 g/mol. The number of carbonyl (C=O) groups excluding carboxylic acids is 1. The summed E-state index contributed by atoms with van der Waals surface area (Å²) in [5, 5.41) is 2.76. The summed E-state index contributed by atoms with van der Waals surface area (Å²) in [6.45, 7) is 4.61. The van der Waals surface area contributed by atoms with Gasteiger partial charge in [0.25, 0.3) is 0 Å². The molecule has 4 rings (SSSR count). The van der Waals surface area contributed by atoms with Crippen LogP contribution in [0.25, 0.3) is 11.0 Å². The third kappa shape index (κ3) is 4.26. The summed E-state index contributed by atoms with van der Waals surface area (Å²) in [5.74, 6) is 0.716. The lowest BCUT2D eigenvalue weighted by molar-refractivity contribution is 0.139. The topological polar surface area (TPSA) is 73.5 Å². The summed E-state index contributed by atoms with van der Waals surface area (Å²) >= 11 is 0. The predicted molar refractivity (Wildman–Crippen MR) is 109 cm³/mol. The Morgan fingerprint density at radius 1 is 1.11 bits per heavy atom. The standard InChI is InChI=1S/C21H25N5O2/c1-25-10-12-26(13-11-25)18-9-5-8-17-20(18)24-19(23-17)14-22-21(27)28-15-16-6-3-2-4-7-16/h2-9H,10-15H2,1H3,(H,22,27)(H,23,24). The lowest BCUT2D eigenvalue weighted by Gasteiger charge is -2.34. The van der Waals surface area contributed by atoms with Crippen molar-refractivity contribution in [2.75, 3.05) is 38.1 Å². The Morgan fingerprint density at radius 2 is 1.89 bits per heavy atom. The van der Waals surface area contributed by atoms with Crippen molar-refractivity contribution in [3.63, 3.8) is 0 Å². The molecule has 1 amide bonds. The second-order valence-electron chi connectivity index (χ2n) is 7.06. The third-order valence-electron chi connectivity index (χ3n) is 5.00. The van der Waals surface area contributed by atoms with E-state index in [1.807, 2.05) is 42.5 Å². The van der Waals surface area contributed by atoms with Crippen molar-refractivity contribution in [2.45, 2.75) is 13.2 Å². The van der Waals surface area contributed by atoms with Crippen molar-refractivity contribution in [2.24, 2.45) is 0 Å². The van der Waals surface area contributed by atoms with E-state index in [0.29, 0.717) is 12.4 Å². The average Bonchev–Trinajstić information content (AvgIpc) is 3.15. The van der Waals surface area contributed by atoms with E-state index < -0.39 is 6.09 Å². The molecule has 7 nitrogen and oxygen atoms in total. The second-order valence-corrected chi connectivity index (χ2v) is 7.06. The number of aromatic amines is 1. The van der Waals surface area contributed by atoms with Crippen LogP contribution in [0.2, 0.25) is 0 Å². The quantitative estimate of drug-likeness (QED) is 0.713. The Kier molecular flexibility index (Phi) is 5.43. The number of benzene rings is 2. The molecule has 1 aliphatic heterocycles. The van der Waals surface area contributed by atoms with Crippen LogP contribution >= 0.6 is 0 Å². The predicted octanol–water partition coefficient (Wildman–Crippen LogP) is 2.74. The number of para-hydroxylation sites is 1. The third-order valence-corrected chi connectivity index (χ3v) is 5.00. The minimum atomic E-state index is -0.455.